The lowest BCUT2D eigenvalue weighted by atomic mass is 10.2. The second kappa shape index (κ2) is 10.1. The zero-order valence-corrected chi connectivity index (χ0v) is 14.8. The number of nitrogens with one attached hydrogen (secondary N) is 2. The van der Waals surface area contributed by atoms with Crippen molar-refractivity contribution < 1.29 is 9.53 Å². The van der Waals surface area contributed by atoms with E-state index < -0.39 is 0 Å². The average molecular weight is 339 g/mol. The van der Waals surface area contributed by atoms with E-state index in [4.69, 9.17) is 4.74 Å². The summed E-state index contributed by atoms with van der Waals surface area (Å²) in [6, 6.07) is 15.5. The molecular weight excluding hydrogens is 314 g/mol. The van der Waals surface area contributed by atoms with Crippen molar-refractivity contribution >= 4 is 17.8 Å². The maximum atomic E-state index is 11.8. The van der Waals surface area contributed by atoms with Crippen molar-refractivity contribution in [3.63, 3.8) is 0 Å². The molecule has 2 rings (SSSR count). The summed E-state index contributed by atoms with van der Waals surface area (Å²) in [4.78, 5) is 11.8. The highest BCUT2D eigenvalue weighted by Crippen LogP contribution is 2.11. The van der Waals surface area contributed by atoms with Crippen LogP contribution in [-0.4, -0.2) is 25.3 Å². The molecule has 0 saturated carbocycles. The van der Waals surface area contributed by atoms with E-state index in [0.717, 1.165) is 36.4 Å². The number of carbonyl (C=O) groups excluding carboxylic acids is 1. The van der Waals surface area contributed by atoms with Gasteiger partial charge in [0.1, 0.15) is 5.75 Å². The van der Waals surface area contributed by atoms with Crippen molar-refractivity contribution in [2.24, 2.45) is 5.10 Å². The van der Waals surface area contributed by atoms with Gasteiger partial charge in [-0.3, -0.25) is 4.79 Å². The van der Waals surface area contributed by atoms with Gasteiger partial charge in [-0.2, -0.15) is 5.10 Å². The van der Waals surface area contributed by atoms with Gasteiger partial charge in [-0.1, -0.05) is 31.0 Å². The van der Waals surface area contributed by atoms with E-state index in [1.165, 1.54) is 5.56 Å². The lowest BCUT2D eigenvalue weighted by Gasteiger charge is -2.06. The maximum Gasteiger partial charge on any atom is 0.259 e. The van der Waals surface area contributed by atoms with Gasteiger partial charge >= 0.3 is 0 Å². The first-order valence-electron chi connectivity index (χ1n) is 8.52. The minimum atomic E-state index is -0.198. The summed E-state index contributed by atoms with van der Waals surface area (Å²) >= 11 is 0. The molecule has 1 amide bonds. The van der Waals surface area contributed by atoms with Crippen LogP contribution in [0.1, 0.15) is 30.9 Å². The molecule has 0 aliphatic heterocycles. The first-order valence-corrected chi connectivity index (χ1v) is 8.52. The smallest absolute Gasteiger partial charge is 0.259 e. The second-order valence-corrected chi connectivity index (χ2v) is 5.78. The Morgan fingerprint density at radius 2 is 1.84 bits per heavy atom. The lowest BCUT2D eigenvalue weighted by molar-refractivity contribution is -0.119. The van der Waals surface area contributed by atoms with Gasteiger partial charge in [0.05, 0.1) is 19.4 Å². The van der Waals surface area contributed by atoms with Crippen LogP contribution in [-0.2, 0) is 4.79 Å². The zero-order chi connectivity index (χ0) is 17.9. The van der Waals surface area contributed by atoms with Crippen molar-refractivity contribution in [3.05, 3.63) is 59.7 Å². The first-order chi connectivity index (χ1) is 12.2. The molecule has 0 aliphatic rings. The van der Waals surface area contributed by atoms with Crippen LogP contribution in [0.25, 0.3) is 0 Å². The maximum absolute atomic E-state index is 11.8. The monoisotopic (exact) mass is 339 g/mol. The van der Waals surface area contributed by atoms with Crippen LogP contribution in [0.2, 0.25) is 0 Å². The Balaban J connectivity index is 1.72. The van der Waals surface area contributed by atoms with Crippen molar-refractivity contribution in [2.75, 3.05) is 18.5 Å². The third kappa shape index (κ3) is 7.08. The molecule has 0 aliphatic carbocycles. The average Bonchev–Trinajstić information content (AvgIpc) is 2.63. The number of unbranched alkanes of at least 4 members (excludes halogenated alkanes) is 1. The molecule has 0 heterocycles. The molecule has 0 unspecified atom stereocenters. The predicted octanol–water partition coefficient (Wildman–Crippen LogP) is 3.74. The molecule has 5 nitrogen and oxygen atoms in total. The van der Waals surface area contributed by atoms with Crippen LogP contribution in [0.5, 0.6) is 5.75 Å². The topological polar surface area (TPSA) is 62.7 Å². The van der Waals surface area contributed by atoms with Crippen LogP contribution in [0.3, 0.4) is 0 Å². The third-order valence-electron chi connectivity index (χ3n) is 3.55. The highest BCUT2D eigenvalue weighted by atomic mass is 16.5. The number of carbonyl (C=O) groups is 1. The van der Waals surface area contributed by atoms with Crippen molar-refractivity contribution in [3.8, 4) is 5.75 Å². The van der Waals surface area contributed by atoms with Crippen molar-refractivity contribution in [1.29, 1.82) is 0 Å². The van der Waals surface area contributed by atoms with E-state index in [9.17, 15) is 4.79 Å². The number of aryl methyl sites for hydroxylation is 1. The Morgan fingerprint density at radius 3 is 2.52 bits per heavy atom. The zero-order valence-electron chi connectivity index (χ0n) is 14.8. The number of rotatable bonds is 9. The van der Waals surface area contributed by atoms with E-state index in [2.05, 4.69) is 22.8 Å². The minimum absolute atomic E-state index is 0.171. The molecule has 5 heteroatoms. The van der Waals surface area contributed by atoms with E-state index in [1.807, 2.05) is 55.5 Å². The highest BCUT2D eigenvalue weighted by Gasteiger charge is 1.99. The van der Waals surface area contributed by atoms with Crippen molar-refractivity contribution in [1.82, 2.24) is 5.43 Å². The summed E-state index contributed by atoms with van der Waals surface area (Å²) < 4.78 is 5.60. The predicted molar refractivity (Wildman–Crippen MR) is 102 cm³/mol. The fourth-order valence-corrected chi connectivity index (χ4v) is 2.06. The Kier molecular flexibility index (Phi) is 7.50. The second-order valence-electron chi connectivity index (χ2n) is 5.78. The number of hydrazone groups is 1. The molecule has 0 radical (unpaired) electrons. The van der Waals surface area contributed by atoms with Gasteiger partial charge in [0.2, 0.25) is 0 Å². The number of hydrogen-bond donors (Lipinski definition) is 2. The molecule has 0 atom stereocenters. The number of ether oxygens (including phenoxy) is 1. The molecule has 2 N–H and O–H groups in total. The van der Waals surface area contributed by atoms with Crippen molar-refractivity contribution in [2.45, 2.75) is 26.7 Å². The number of benzene rings is 2. The number of anilines is 1. The van der Waals surface area contributed by atoms with E-state index in [1.54, 1.807) is 6.21 Å². The summed E-state index contributed by atoms with van der Waals surface area (Å²) in [6.07, 6.45) is 3.77. The molecule has 0 bridgehead atoms. The fourth-order valence-electron chi connectivity index (χ4n) is 2.06. The van der Waals surface area contributed by atoms with Gasteiger partial charge in [-0.15, -0.1) is 0 Å². The van der Waals surface area contributed by atoms with Gasteiger partial charge in [-0.25, -0.2) is 5.43 Å². The summed E-state index contributed by atoms with van der Waals surface area (Å²) in [5.41, 5.74) is 5.49. The van der Waals surface area contributed by atoms with Crippen LogP contribution in [0.15, 0.2) is 53.6 Å². The normalized spacial score (nSPS) is 10.6. The molecule has 0 spiro atoms. The largest absolute Gasteiger partial charge is 0.494 e. The Hall–Kier alpha value is -2.82. The van der Waals surface area contributed by atoms with Gasteiger partial charge in [-0.05, 0) is 55.3 Å². The highest BCUT2D eigenvalue weighted by molar-refractivity contribution is 5.84. The molecule has 25 heavy (non-hydrogen) atoms. The number of hydrogen-bond acceptors (Lipinski definition) is 4. The molecule has 0 fully saturated rings. The fraction of sp³-hybridized carbons (Fsp3) is 0.300. The molecule has 132 valence electrons. The summed E-state index contributed by atoms with van der Waals surface area (Å²) in [6.45, 7) is 5.06. The van der Waals surface area contributed by atoms with Gasteiger partial charge in [0.25, 0.3) is 5.91 Å². The lowest BCUT2D eigenvalue weighted by Crippen LogP contribution is -2.25. The third-order valence-corrected chi connectivity index (χ3v) is 3.55. The molecule has 0 saturated heterocycles. The Labute approximate surface area is 149 Å². The number of nitrogens with zero attached hydrogens (tertiary/aromatic N) is 1. The van der Waals surface area contributed by atoms with E-state index in [-0.39, 0.29) is 12.5 Å². The van der Waals surface area contributed by atoms with Crippen LogP contribution in [0, 0.1) is 6.92 Å². The number of amides is 1. The quantitative estimate of drug-likeness (QED) is 0.416. The van der Waals surface area contributed by atoms with Gasteiger partial charge in [0.15, 0.2) is 0 Å². The molecular formula is C20H25N3O2. The molecule has 2 aromatic carbocycles. The van der Waals surface area contributed by atoms with Crippen LogP contribution in [0.4, 0.5) is 5.69 Å². The van der Waals surface area contributed by atoms with E-state index >= 15 is 0 Å². The molecule has 2 aromatic rings. The summed E-state index contributed by atoms with van der Waals surface area (Å²) in [5, 5.41) is 7.02. The molecule has 0 aromatic heterocycles. The SMILES string of the molecule is CCCCOc1ccc(/C=N\NC(=O)CNc2ccc(C)cc2)cc1. The minimum Gasteiger partial charge on any atom is -0.494 e. The summed E-state index contributed by atoms with van der Waals surface area (Å²) in [5.74, 6) is 0.647. The van der Waals surface area contributed by atoms with Crippen LogP contribution >= 0.6 is 0 Å². The van der Waals surface area contributed by atoms with Gasteiger partial charge < -0.3 is 10.1 Å². The Morgan fingerprint density at radius 1 is 1.12 bits per heavy atom. The first kappa shape index (κ1) is 18.5. The summed E-state index contributed by atoms with van der Waals surface area (Å²) in [7, 11) is 0. The van der Waals surface area contributed by atoms with Crippen LogP contribution < -0.4 is 15.5 Å². The van der Waals surface area contributed by atoms with E-state index in [0.29, 0.717) is 0 Å². The standard InChI is InChI=1S/C20H25N3O2/c1-3-4-13-25-19-11-7-17(8-12-19)14-22-23-20(24)15-21-18-9-5-16(2)6-10-18/h5-12,14,21H,3-4,13,15H2,1-2H3,(H,23,24)/b22-14-. The Bertz CT molecular complexity index is 679. The van der Waals surface area contributed by atoms with Gasteiger partial charge in [0, 0.05) is 5.69 Å².